The fourth-order valence-corrected chi connectivity index (χ4v) is 0.665. The molecule has 8 heavy (non-hydrogen) atoms. The van der Waals surface area contributed by atoms with Crippen molar-refractivity contribution in [3.63, 3.8) is 0 Å². The summed E-state index contributed by atoms with van der Waals surface area (Å²) in [5, 5.41) is 0. The molecule has 0 heteroatoms. The molecule has 0 fully saturated rings. The van der Waals surface area contributed by atoms with E-state index in [9.17, 15) is 0 Å². The summed E-state index contributed by atoms with van der Waals surface area (Å²) in [6.45, 7) is 9.50. The molecule has 0 bridgehead atoms. The second-order valence-electron chi connectivity index (χ2n) is 2.15. The fraction of sp³-hybridized carbons (Fsp3) is 0.500. The maximum absolute atomic E-state index is 3.65. The lowest BCUT2D eigenvalue weighted by atomic mass is 10.0. The Balaban J connectivity index is 3.16. The molecule has 0 aliphatic carbocycles. The van der Waals surface area contributed by atoms with Gasteiger partial charge in [0, 0.05) is 0 Å². The molecule has 0 unspecified atom stereocenters. The molecular formula is C8H14. The molecule has 0 radical (unpaired) electrons. The van der Waals surface area contributed by atoms with Crippen LogP contribution in [0.5, 0.6) is 0 Å². The third kappa shape index (κ3) is 3.66. The Bertz CT molecular complexity index is 62.1. The monoisotopic (exact) mass is 110 g/mol. The van der Waals surface area contributed by atoms with E-state index < -0.39 is 0 Å². The minimum atomic E-state index is 0.727. The Kier molecular flexibility index (Phi) is 4.33. The highest BCUT2D eigenvalue weighted by molar-refractivity contribution is 4.76. The molecule has 0 rings (SSSR count). The van der Waals surface area contributed by atoms with Gasteiger partial charge in [-0.25, -0.2) is 0 Å². The van der Waals surface area contributed by atoms with Crippen molar-refractivity contribution in [3.05, 3.63) is 25.3 Å². The van der Waals surface area contributed by atoms with Crippen molar-refractivity contribution in [1.82, 2.24) is 0 Å². The van der Waals surface area contributed by atoms with Crippen molar-refractivity contribution in [2.45, 2.75) is 19.8 Å². The molecule has 0 aliphatic rings. The predicted molar refractivity (Wildman–Crippen MR) is 38.8 cm³/mol. The molecule has 0 spiro atoms. The number of allylic oxidation sites excluding steroid dienone is 2. The Morgan fingerprint density at radius 1 is 1.25 bits per heavy atom. The van der Waals surface area contributed by atoms with Crippen LogP contribution in [0.15, 0.2) is 25.3 Å². The minimum Gasteiger partial charge on any atom is -0.103 e. The standard InChI is InChI=1S/C8H14/c1-4-6-8(3)7-5-2/h4-5,8H,1-2,6-7H2,3H3. The van der Waals surface area contributed by atoms with Crippen molar-refractivity contribution in [1.29, 1.82) is 0 Å². The Labute approximate surface area is 51.9 Å². The largest absolute Gasteiger partial charge is 0.103 e. The van der Waals surface area contributed by atoms with E-state index in [1.807, 2.05) is 12.2 Å². The average Bonchev–Trinajstić information content (AvgIpc) is 1.68. The van der Waals surface area contributed by atoms with Crippen LogP contribution in [0.25, 0.3) is 0 Å². The van der Waals surface area contributed by atoms with Crippen LogP contribution in [-0.2, 0) is 0 Å². The lowest BCUT2D eigenvalue weighted by Gasteiger charge is -2.01. The van der Waals surface area contributed by atoms with Gasteiger partial charge in [-0.3, -0.25) is 0 Å². The number of rotatable bonds is 4. The first-order valence-corrected chi connectivity index (χ1v) is 3.03. The summed E-state index contributed by atoms with van der Waals surface area (Å²) in [5.41, 5.74) is 0. The van der Waals surface area contributed by atoms with Gasteiger partial charge in [-0.1, -0.05) is 19.1 Å². The lowest BCUT2D eigenvalue weighted by Crippen LogP contribution is -1.87. The summed E-state index contributed by atoms with van der Waals surface area (Å²) < 4.78 is 0. The third-order valence-electron chi connectivity index (χ3n) is 1.14. The Morgan fingerprint density at radius 3 is 1.88 bits per heavy atom. The van der Waals surface area contributed by atoms with Crippen LogP contribution in [0, 0.1) is 5.92 Å². The number of hydrogen-bond donors (Lipinski definition) is 0. The van der Waals surface area contributed by atoms with Gasteiger partial charge in [0.15, 0.2) is 0 Å². The summed E-state index contributed by atoms with van der Waals surface area (Å²) in [4.78, 5) is 0. The Hall–Kier alpha value is -0.520. The van der Waals surface area contributed by atoms with Gasteiger partial charge in [-0.05, 0) is 18.8 Å². The van der Waals surface area contributed by atoms with Crippen molar-refractivity contribution in [2.75, 3.05) is 0 Å². The van der Waals surface area contributed by atoms with E-state index in [2.05, 4.69) is 20.1 Å². The fourth-order valence-electron chi connectivity index (χ4n) is 0.665. The Morgan fingerprint density at radius 2 is 1.62 bits per heavy atom. The summed E-state index contributed by atoms with van der Waals surface area (Å²) >= 11 is 0. The molecule has 46 valence electrons. The minimum absolute atomic E-state index is 0.727. The van der Waals surface area contributed by atoms with Gasteiger partial charge in [-0.2, -0.15) is 0 Å². The summed E-state index contributed by atoms with van der Waals surface area (Å²) in [6.07, 6.45) is 6.11. The zero-order valence-electron chi connectivity index (χ0n) is 5.56. The first kappa shape index (κ1) is 7.48. The van der Waals surface area contributed by atoms with Gasteiger partial charge < -0.3 is 0 Å². The van der Waals surface area contributed by atoms with E-state index in [1.165, 1.54) is 0 Å². The molecule has 0 N–H and O–H groups in total. The van der Waals surface area contributed by atoms with E-state index in [-0.39, 0.29) is 0 Å². The van der Waals surface area contributed by atoms with Crippen LogP contribution in [0.1, 0.15) is 19.8 Å². The zero-order chi connectivity index (χ0) is 6.41. The summed E-state index contributed by atoms with van der Waals surface area (Å²) in [7, 11) is 0. The molecule has 0 heterocycles. The highest BCUT2D eigenvalue weighted by atomic mass is 14.0. The first-order valence-electron chi connectivity index (χ1n) is 3.03. The van der Waals surface area contributed by atoms with Crippen molar-refractivity contribution >= 4 is 0 Å². The molecule has 0 saturated carbocycles. The van der Waals surface area contributed by atoms with Crippen LogP contribution < -0.4 is 0 Å². The van der Waals surface area contributed by atoms with Gasteiger partial charge >= 0.3 is 0 Å². The van der Waals surface area contributed by atoms with Crippen LogP contribution in [0.4, 0.5) is 0 Å². The van der Waals surface area contributed by atoms with E-state index in [4.69, 9.17) is 0 Å². The van der Waals surface area contributed by atoms with E-state index in [1.54, 1.807) is 0 Å². The maximum Gasteiger partial charge on any atom is -0.0325 e. The summed E-state index contributed by atoms with van der Waals surface area (Å²) in [6, 6.07) is 0. The quantitative estimate of drug-likeness (QED) is 0.488. The van der Waals surface area contributed by atoms with Crippen LogP contribution in [0.2, 0.25) is 0 Å². The second-order valence-corrected chi connectivity index (χ2v) is 2.15. The lowest BCUT2D eigenvalue weighted by molar-refractivity contribution is 0.604. The molecule has 0 amide bonds. The molecular weight excluding hydrogens is 96.1 g/mol. The topological polar surface area (TPSA) is 0 Å². The highest BCUT2D eigenvalue weighted by Gasteiger charge is 1.92. The van der Waals surface area contributed by atoms with Crippen molar-refractivity contribution in [3.8, 4) is 0 Å². The van der Waals surface area contributed by atoms with Crippen LogP contribution >= 0.6 is 0 Å². The van der Waals surface area contributed by atoms with Gasteiger partial charge in [-0.15, -0.1) is 13.2 Å². The maximum atomic E-state index is 3.65. The first-order chi connectivity index (χ1) is 3.81. The molecule has 0 aromatic rings. The van der Waals surface area contributed by atoms with Gasteiger partial charge in [0.25, 0.3) is 0 Å². The highest BCUT2D eigenvalue weighted by Crippen LogP contribution is 2.06. The molecule has 0 nitrogen and oxygen atoms in total. The third-order valence-corrected chi connectivity index (χ3v) is 1.14. The van der Waals surface area contributed by atoms with Crippen molar-refractivity contribution < 1.29 is 0 Å². The molecule has 0 atom stereocenters. The zero-order valence-corrected chi connectivity index (χ0v) is 5.56. The molecule has 0 aromatic heterocycles. The van der Waals surface area contributed by atoms with E-state index in [0.29, 0.717) is 0 Å². The number of hydrogen-bond acceptors (Lipinski definition) is 0. The van der Waals surface area contributed by atoms with Gasteiger partial charge in [0.2, 0.25) is 0 Å². The van der Waals surface area contributed by atoms with E-state index >= 15 is 0 Å². The SMILES string of the molecule is C=CCC(C)CC=C. The van der Waals surface area contributed by atoms with E-state index in [0.717, 1.165) is 18.8 Å². The average molecular weight is 110 g/mol. The van der Waals surface area contributed by atoms with Gasteiger partial charge in [0.1, 0.15) is 0 Å². The molecule has 0 saturated heterocycles. The smallest absolute Gasteiger partial charge is 0.0325 e. The van der Waals surface area contributed by atoms with Crippen LogP contribution in [-0.4, -0.2) is 0 Å². The predicted octanol–water partition coefficient (Wildman–Crippen LogP) is 2.77. The molecule has 0 aromatic carbocycles. The molecule has 0 aliphatic heterocycles. The van der Waals surface area contributed by atoms with Crippen molar-refractivity contribution in [2.24, 2.45) is 5.92 Å². The van der Waals surface area contributed by atoms with Gasteiger partial charge in [0.05, 0.1) is 0 Å². The second kappa shape index (κ2) is 4.63. The summed E-state index contributed by atoms with van der Waals surface area (Å²) in [5.74, 6) is 0.727. The normalized spacial score (nSPS) is 9.25. The van der Waals surface area contributed by atoms with Crippen LogP contribution in [0.3, 0.4) is 0 Å².